The van der Waals surface area contributed by atoms with Gasteiger partial charge in [-0.3, -0.25) is 9.59 Å². The molecule has 4 N–H and O–H groups in total. The van der Waals surface area contributed by atoms with Crippen LogP contribution in [-0.2, 0) is 14.3 Å². The second-order valence-electron chi connectivity index (χ2n) is 7.83. The summed E-state index contributed by atoms with van der Waals surface area (Å²) in [6.07, 6.45) is 1.64. The van der Waals surface area contributed by atoms with E-state index in [9.17, 15) is 14.0 Å². The number of ether oxygens (including phenoxy) is 1. The molecule has 28 heavy (non-hydrogen) atoms. The number of hydrogen-bond acceptors (Lipinski definition) is 5. The molecule has 2 heterocycles. The summed E-state index contributed by atoms with van der Waals surface area (Å²) in [6, 6.07) is 4.47. The minimum Gasteiger partial charge on any atom is -0.381 e. The lowest BCUT2D eigenvalue weighted by atomic mass is 9.86. The number of halogens is 1. The fourth-order valence-electron chi connectivity index (χ4n) is 4.93. The lowest BCUT2D eigenvalue weighted by Crippen LogP contribution is -2.60. The summed E-state index contributed by atoms with van der Waals surface area (Å²) < 4.78 is 19.7. The molecule has 0 bridgehead atoms. The first kappa shape index (κ1) is 18.9. The molecule has 1 aromatic carbocycles. The van der Waals surface area contributed by atoms with Gasteiger partial charge in [-0.25, -0.2) is 4.39 Å². The predicted octanol–water partition coefficient (Wildman–Crippen LogP) is 0.762. The Morgan fingerprint density at radius 1 is 1.39 bits per heavy atom. The highest BCUT2D eigenvalue weighted by atomic mass is 19.1. The standard InChI is InChI=1S/C20H25FN4O3/c1-10-12(5-4-6-15(10)21)11(2)25-20(19(22)27,7-16(24-25)18(26)23-3)17-13-8-28-9-14(13)17/h4-7,11,13-14,17,24H,8-9H2,1-3H3,(H2,22,27)(H,23,26)/t11-,13-,14+,17?,20?/m0/s1. The summed E-state index contributed by atoms with van der Waals surface area (Å²) in [7, 11) is 1.53. The molecular formula is C20H25FN4O3. The van der Waals surface area contributed by atoms with E-state index < -0.39 is 17.5 Å². The van der Waals surface area contributed by atoms with E-state index >= 15 is 0 Å². The van der Waals surface area contributed by atoms with Crippen LogP contribution in [0.1, 0.15) is 24.1 Å². The third-order valence-corrected chi connectivity index (χ3v) is 6.48. The van der Waals surface area contributed by atoms with Crippen LogP contribution in [-0.4, -0.2) is 42.6 Å². The molecule has 2 unspecified atom stereocenters. The number of fused-ring (bicyclic) bond motifs is 1. The van der Waals surface area contributed by atoms with Gasteiger partial charge in [0.2, 0.25) is 5.91 Å². The predicted molar refractivity (Wildman–Crippen MR) is 99.9 cm³/mol. The Kier molecular flexibility index (Phi) is 4.43. The minimum atomic E-state index is -1.18. The van der Waals surface area contributed by atoms with E-state index in [1.807, 2.05) is 13.0 Å². The van der Waals surface area contributed by atoms with Crippen molar-refractivity contribution in [2.75, 3.05) is 20.3 Å². The summed E-state index contributed by atoms with van der Waals surface area (Å²) in [6.45, 7) is 4.74. The van der Waals surface area contributed by atoms with E-state index in [2.05, 4.69) is 10.7 Å². The van der Waals surface area contributed by atoms with Gasteiger partial charge in [-0.05, 0) is 49.0 Å². The Morgan fingerprint density at radius 2 is 2.07 bits per heavy atom. The molecule has 0 spiro atoms. The maximum absolute atomic E-state index is 14.2. The number of amides is 2. The van der Waals surface area contributed by atoms with Crippen molar-refractivity contribution >= 4 is 11.8 Å². The molecule has 3 aliphatic rings. The Labute approximate surface area is 163 Å². The van der Waals surface area contributed by atoms with Gasteiger partial charge in [0.25, 0.3) is 5.91 Å². The number of hydrazine groups is 1. The third-order valence-electron chi connectivity index (χ3n) is 6.48. The molecule has 0 radical (unpaired) electrons. The van der Waals surface area contributed by atoms with Crippen molar-refractivity contribution < 1.29 is 18.7 Å². The van der Waals surface area contributed by atoms with E-state index in [0.717, 1.165) is 5.56 Å². The summed E-state index contributed by atoms with van der Waals surface area (Å²) >= 11 is 0. The maximum Gasteiger partial charge on any atom is 0.268 e. The molecule has 2 aliphatic heterocycles. The number of hydrogen-bond donors (Lipinski definition) is 3. The second kappa shape index (κ2) is 6.56. The first-order chi connectivity index (χ1) is 13.3. The summed E-state index contributed by atoms with van der Waals surface area (Å²) in [5, 5.41) is 4.31. The summed E-state index contributed by atoms with van der Waals surface area (Å²) in [5.74, 6) is -0.789. The number of carbonyl (C=O) groups excluding carboxylic acids is 2. The van der Waals surface area contributed by atoms with E-state index in [1.165, 1.54) is 13.1 Å². The fraction of sp³-hybridized carbons (Fsp3) is 0.500. The van der Waals surface area contributed by atoms with Crippen LogP contribution >= 0.6 is 0 Å². The van der Waals surface area contributed by atoms with Crippen molar-refractivity contribution in [3.8, 4) is 0 Å². The molecule has 5 atom stereocenters. The molecule has 1 saturated heterocycles. The third kappa shape index (κ3) is 2.55. The van der Waals surface area contributed by atoms with Crippen molar-refractivity contribution in [2.45, 2.75) is 25.4 Å². The van der Waals surface area contributed by atoms with Gasteiger partial charge in [0.05, 0.1) is 19.3 Å². The van der Waals surface area contributed by atoms with E-state index in [4.69, 9.17) is 10.5 Å². The molecule has 4 rings (SSSR count). The number of carbonyl (C=O) groups is 2. The smallest absolute Gasteiger partial charge is 0.268 e. The van der Waals surface area contributed by atoms with Crippen molar-refractivity contribution in [2.24, 2.45) is 23.5 Å². The van der Waals surface area contributed by atoms with Crippen LogP contribution in [0.4, 0.5) is 4.39 Å². The fourth-order valence-corrected chi connectivity index (χ4v) is 4.93. The molecule has 8 heteroatoms. The Morgan fingerprint density at radius 3 is 2.68 bits per heavy atom. The van der Waals surface area contributed by atoms with Gasteiger partial charge in [-0.1, -0.05) is 12.1 Å². The van der Waals surface area contributed by atoms with Crippen LogP contribution < -0.4 is 16.5 Å². The zero-order chi connectivity index (χ0) is 20.2. The Balaban J connectivity index is 1.79. The van der Waals surface area contributed by atoms with Crippen molar-refractivity contribution in [3.05, 3.63) is 46.9 Å². The van der Waals surface area contributed by atoms with Crippen molar-refractivity contribution in [1.29, 1.82) is 0 Å². The van der Waals surface area contributed by atoms with Crippen molar-refractivity contribution in [3.63, 3.8) is 0 Å². The summed E-state index contributed by atoms with van der Waals surface area (Å²) in [4.78, 5) is 25.2. The van der Waals surface area contributed by atoms with Crippen LogP contribution in [0.15, 0.2) is 30.0 Å². The Hall–Kier alpha value is -2.45. The molecule has 7 nitrogen and oxygen atoms in total. The zero-order valence-electron chi connectivity index (χ0n) is 16.2. The van der Waals surface area contributed by atoms with Crippen LogP contribution in [0, 0.1) is 30.5 Å². The van der Waals surface area contributed by atoms with Gasteiger partial charge in [0.1, 0.15) is 17.1 Å². The van der Waals surface area contributed by atoms with Crippen LogP contribution in [0.3, 0.4) is 0 Å². The first-order valence-electron chi connectivity index (χ1n) is 9.46. The average Bonchev–Trinajstić information content (AvgIpc) is 3.04. The number of nitrogens with zero attached hydrogens (tertiary/aromatic N) is 1. The lowest BCUT2D eigenvalue weighted by Gasteiger charge is -2.40. The average molecular weight is 388 g/mol. The number of likely N-dealkylation sites (N-methyl/N-ethyl adjacent to an activating group) is 1. The van der Waals surface area contributed by atoms with Crippen LogP contribution in [0.2, 0.25) is 0 Å². The van der Waals surface area contributed by atoms with Crippen LogP contribution in [0.25, 0.3) is 0 Å². The zero-order valence-corrected chi connectivity index (χ0v) is 16.2. The normalized spacial score (nSPS) is 32.3. The number of rotatable bonds is 5. The number of primary amides is 1. The van der Waals surface area contributed by atoms with Gasteiger partial charge < -0.3 is 21.2 Å². The highest BCUT2D eigenvalue weighted by Crippen LogP contribution is 2.60. The minimum absolute atomic E-state index is 0.0512. The molecule has 1 saturated carbocycles. The topological polar surface area (TPSA) is 96.7 Å². The summed E-state index contributed by atoms with van der Waals surface area (Å²) in [5.41, 5.74) is 9.35. The van der Waals surface area contributed by atoms with Gasteiger partial charge in [-0.15, -0.1) is 0 Å². The number of nitrogens with two attached hydrogens (primary N) is 1. The number of nitrogens with one attached hydrogen (secondary N) is 2. The van der Waals surface area contributed by atoms with E-state index in [1.54, 1.807) is 24.1 Å². The molecule has 2 fully saturated rings. The maximum atomic E-state index is 14.2. The molecule has 0 aromatic heterocycles. The highest BCUT2D eigenvalue weighted by Gasteiger charge is 2.69. The van der Waals surface area contributed by atoms with E-state index in [0.29, 0.717) is 18.8 Å². The monoisotopic (exact) mass is 388 g/mol. The molecular weight excluding hydrogens is 363 g/mol. The van der Waals surface area contributed by atoms with Gasteiger partial charge in [0, 0.05) is 13.0 Å². The van der Waals surface area contributed by atoms with Gasteiger partial charge in [0.15, 0.2) is 0 Å². The van der Waals surface area contributed by atoms with E-state index in [-0.39, 0.29) is 35.2 Å². The molecule has 1 aliphatic carbocycles. The molecule has 1 aromatic rings. The molecule has 2 amide bonds. The first-order valence-corrected chi connectivity index (χ1v) is 9.46. The second-order valence-corrected chi connectivity index (χ2v) is 7.83. The van der Waals surface area contributed by atoms with Crippen molar-refractivity contribution in [1.82, 2.24) is 15.8 Å². The van der Waals surface area contributed by atoms with Gasteiger partial charge >= 0.3 is 0 Å². The highest BCUT2D eigenvalue weighted by molar-refractivity contribution is 5.97. The Bertz CT molecular complexity index is 863. The number of benzene rings is 1. The largest absolute Gasteiger partial charge is 0.381 e. The lowest BCUT2D eigenvalue weighted by molar-refractivity contribution is -0.132. The van der Waals surface area contributed by atoms with Gasteiger partial charge in [-0.2, -0.15) is 5.01 Å². The quantitative estimate of drug-likeness (QED) is 0.692. The molecule has 150 valence electrons. The van der Waals surface area contributed by atoms with Crippen LogP contribution in [0.5, 0.6) is 0 Å². The SMILES string of the molecule is CNC(=O)C1=CC(C(N)=O)(C2[C@H]3COC[C@@H]23)N([C@@H](C)c2cccc(F)c2C)N1.